The predicted molar refractivity (Wildman–Crippen MR) is 126 cm³/mol. The number of nitrogens with zero attached hydrogens (tertiary/aromatic N) is 1. The summed E-state index contributed by atoms with van der Waals surface area (Å²) in [6, 6.07) is 20.4. The summed E-state index contributed by atoms with van der Waals surface area (Å²) in [7, 11) is 0. The molecule has 0 amide bonds. The number of halogens is 3. The SMILES string of the molecule is Cc1cc([C@H](c2ccc(OC(F)(F)F)cc2)N2CCNCC2)cc(C)c1OCc1ccccc1. The Morgan fingerprint density at radius 1 is 0.882 bits per heavy atom. The zero-order valence-electron chi connectivity index (χ0n) is 19.4. The second kappa shape index (κ2) is 10.5. The molecule has 7 heteroatoms. The summed E-state index contributed by atoms with van der Waals surface area (Å²) in [4.78, 5) is 2.36. The molecule has 4 nitrogen and oxygen atoms in total. The Bertz CT molecular complexity index is 1060. The normalized spacial score (nSPS) is 15.7. The molecule has 1 N–H and O–H groups in total. The van der Waals surface area contributed by atoms with Crippen LogP contribution < -0.4 is 14.8 Å². The third kappa shape index (κ3) is 6.10. The van der Waals surface area contributed by atoms with Crippen molar-refractivity contribution < 1.29 is 22.6 Å². The van der Waals surface area contributed by atoms with Crippen LogP contribution in [0.3, 0.4) is 0 Å². The molecule has 1 aliphatic heterocycles. The summed E-state index contributed by atoms with van der Waals surface area (Å²) < 4.78 is 48.0. The van der Waals surface area contributed by atoms with Crippen LogP contribution in [-0.2, 0) is 6.61 Å². The van der Waals surface area contributed by atoms with Crippen LogP contribution in [-0.4, -0.2) is 37.4 Å². The maximum atomic E-state index is 12.6. The molecule has 34 heavy (non-hydrogen) atoms. The maximum Gasteiger partial charge on any atom is 0.573 e. The Kier molecular flexibility index (Phi) is 7.44. The van der Waals surface area contributed by atoms with Gasteiger partial charge in [-0.1, -0.05) is 54.6 Å². The fourth-order valence-corrected chi connectivity index (χ4v) is 4.51. The Balaban J connectivity index is 1.62. The summed E-state index contributed by atoms with van der Waals surface area (Å²) >= 11 is 0. The van der Waals surface area contributed by atoms with Gasteiger partial charge in [-0.2, -0.15) is 0 Å². The van der Waals surface area contributed by atoms with Gasteiger partial charge in [-0.05, 0) is 53.8 Å². The molecule has 0 radical (unpaired) electrons. The first-order chi connectivity index (χ1) is 16.3. The summed E-state index contributed by atoms with van der Waals surface area (Å²) in [5.74, 6) is 0.646. The standard InChI is InChI=1S/C27H29F3N2O2/c1-19-16-23(17-20(2)26(19)33-18-21-6-4-3-5-7-21)25(32-14-12-31-13-15-32)22-8-10-24(11-9-22)34-27(28,29)30/h3-11,16-17,25,31H,12-15,18H2,1-2H3/t25-/m0/s1. The van der Waals surface area contributed by atoms with E-state index in [1.54, 1.807) is 12.1 Å². The first-order valence-corrected chi connectivity index (χ1v) is 11.4. The van der Waals surface area contributed by atoms with E-state index in [4.69, 9.17) is 4.74 Å². The molecule has 0 spiro atoms. The third-order valence-corrected chi connectivity index (χ3v) is 5.97. The monoisotopic (exact) mass is 470 g/mol. The van der Waals surface area contributed by atoms with Gasteiger partial charge in [-0.3, -0.25) is 4.90 Å². The zero-order valence-corrected chi connectivity index (χ0v) is 19.4. The van der Waals surface area contributed by atoms with E-state index in [0.29, 0.717) is 6.61 Å². The fourth-order valence-electron chi connectivity index (χ4n) is 4.51. The number of hydrogen-bond acceptors (Lipinski definition) is 4. The summed E-state index contributed by atoms with van der Waals surface area (Å²) in [5.41, 5.74) is 5.18. The molecule has 1 aliphatic rings. The third-order valence-electron chi connectivity index (χ3n) is 5.97. The Hall–Kier alpha value is -3.03. The molecule has 4 rings (SSSR count). The van der Waals surface area contributed by atoms with Crippen LogP contribution in [0.1, 0.15) is 33.9 Å². The van der Waals surface area contributed by atoms with E-state index in [1.807, 2.05) is 44.2 Å². The van der Waals surface area contributed by atoms with E-state index in [0.717, 1.165) is 59.7 Å². The number of alkyl halides is 3. The van der Waals surface area contributed by atoms with Crippen LogP contribution in [0.25, 0.3) is 0 Å². The van der Waals surface area contributed by atoms with Gasteiger partial charge in [-0.15, -0.1) is 13.2 Å². The number of hydrogen-bond donors (Lipinski definition) is 1. The average molecular weight is 471 g/mol. The Morgan fingerprint density at radius 2 is 1.50 bits per heavy atom. The lowest BCUT2D eigenvalue weighted by Gasteiger charge is -2.36. The Labute approximate surface area is 198 Å². The number of piperazine rings is 1. The molecule has 0 aliphatic carbocycles. The Morgan fingerprint density at radius 3 is 2.09 bits per heavy atom. The van der Waals surface area contributed by atoms with Crippen LogP contribution in [0.5, 0.6) is 11.5 Å². The number of rotatable bonds is 7. The van der Waals surface area contributed by atoms with Crippen molar-refractivity contribution in [3.8, 4) is 11.5 Å². The lowest BCUT2D eigenvalue weighted by Crippen LogP contribution is -2.45. The van der Waals surface area contributed by atoms with Crippen molar-refractivity contribution in [2.75, 3.05) is 26.2 Å². The zero-order chi connectivity index (χ0) is 24.1. The minimum Gasteiger partial charge on any atom is -0.488 e. The molecule has 1 saturated heterocycles. The average Bonchev–Trinajstić information content (AvgIpc) is 2.80. The molecular weight excluding hydrogens is 441 g/mol. The largest absolute Gasteiger partial charge is 0.573 e. The highest BCUT2D eigenvalue weighted by molar-refractivity contribution is 5.47. The van der Waals surface area contributed by atoms with Crippen molar-refractivity contribution in [3.63, 3.8) is 0 Å². The highest BCUT2D eigenvalue weighted by atomic mass is 19.4. The lowest BCUT2D eigenvalue weighted by molar-refractivity contribution is -0.274. The van der Waals surface area contributed by atoms with E-state index in [9.17, 15) is 13.2 Å². The number of ether oxygens (including phenoxy) is 2. The van der Waals surface area contributed by atoms with E-state index >= 15 is 0 Å². The van der Waals surface area contributed by atoms with Crippen LogP contribution in [0, 0.1) is 13.8 Å². The summed E-state index contributed by atoms with van der Waals surface area (Å²) in [5, 5.41) is 3.36. The first-order valence-electron chi connectivity index (χ1n) is 11.4. The number of benzene rings is 3. The number of aryl methyl sites for hydroxylation is 2. The lowest BCUT2D eigenvalue weighted by atomic mass is 9.93. The first kappa shape index (κ1) is 24.1. The van der Waals surface area contributed by atoms with E-state index in [2.05, 4.69) is 27.1 Å². The second-order valence-corrected chi connectivity index (χ2v) is 8.56. The van der Waals surface area contributed by atoms with E-state index in [1.165, 1.54) is 12.1 Å². The molecule has 3 aromatic rings. The molecule has 3 aromatic carbocycles. The van der Waals surface area contributed by atoms with Crippen LogP contribution in [0.2, 0.25) is 0 Å². The van der Waals surface area contributed by atoms with Crippen molar-refractivity contribution in [3.05, 3.63) is 94.5 Å². The van der Waals surface area contributed by atoms with Crippen LogP contribution >= 0.6 is 0 Å². The maximum absolute atomic E-state index is 12.6. The molecule has 1 atom stereocenters. The molecule has 0 aromatic heterocycles. The summed E-state index contributed by atoms with van der Waals surface area (Å²) in [6.45, 7) is 7.97. The van der Waals surface area contributed by atoms with Crippen molar-refractivity contribution in [1.82, 2.24) is 10.2 Å². The fraction of sp³-hybridized carbons (Fsp3) is 0.333. The minimum atomic E-state index is -4.71. The quantitative estimate of drug-likeness (QED) is 0.475. The van der Waals surface area contributed by atoms with E-state index in [-0.39, 0.29) is 11.8 Å². The van der Waals surface area contributed by atoms with Gasteiger partial charge in [0.15, 0.2) is 0 Å². The van der Waals surface area contributed by atoms with Crippen LogP contribution in [0.15, 0.2) is 66.7 Å². The van der Waals surface area contributed by atoms with Gasteiger partial charge in [-0.25, -0.2) is 0 Å². The molecule has 1 heterocycles. The molecule has 0 bridgehead atoms. The highest BCUT2D eigenvalue weighted by Gasteiger charge is 2.31. The topological polar surface area (TPSA) is 33.7 Å². The van der Waals surface area contributed by atoms with Gasteiger partial charge in [0, 0.05) is 26.2 Å². The van der Waals surface area contributed by atoms with Crippen molar-refractivity contribution >= 4 is 0 Å². The van der Waals surface area contributed by atoms with E-state index < -0.39 is 6.36 Å². The van der Waals surface area contributed by atoms with Gasteiger partial charge in [0.05, 0.1) is 6.04 Å². The highest BCUT2D eigenvalue weighted by Crippen LogP contribution is 2.35. The van der Waals surface area contributed by atoms with Gasteiger partial charge >= 0.3 is 6.36 Å². The molecule has 0 saturated carbocycles. The van der Waals surface area contributed by atoms with Crippen molar-refractivity contribution in [2.24, 2.45) is 0 Å². The smallest absolute Gasteiger partial charge is 0.488 e. The predicted octanol–water partition coefficient (Wildman–Crippen LogP) is 5.78. The second-order valence-electron chi connectivity index (χ2n) is 8.56. The van der Waals surface area contributed by atoms with Gasteiger partial charge in [0.1, 0.15) is 18.1 Å². The van der Waals surface area contributed by atoms with Gasteiger partial charge < -0.3 is 14.8 Å². The minimum absolute atomic E-state index is 0.0809. The molecule has 1 fully saturated rings. The van der Waals surface area contributed by atoms with Gasteiger partial charge in [0.2, 0.25) is 0 Å². The molecule has 0 unspecified atom stereocenters. The molecular formula is C27H29F3N2O2. The number of nitrogens with one attached hydrogen (secondary N) is 1. The van der Waals surface area contributed by atoms with Crippen molar-refractivity contribution in [1.29, 1.82) is 0 Å². The van der Waals surface area contributed by atoms with Gasteiger partial charge in [0.25, 0.3) is 0 Å². The molecule has 180 valence electrons. The van der Waals surface area contributed by atoms with Crippen molar-refractivity contribution in [2.45, 2.75) is 32.9 Å². The van der Waals surface area contributed by atoms with Crippen LogP contribution in [0.4, 0.5) is 13.2 Å². The summed E-state index contributed by atoms with van der Waals surface area (Å²) in [6.07, 6.45) is -4.71.